The predicted molar refractivity (Wildman–Crippen MR) is 100 cm³/mol. The van der Waals surface area contributed by atoms with E-state index in [-0.39, 0.29) is 17.9 Å². The summed E-state index contributed by atoms with van der Waals surface area (Å²) in [6, 6.07) is 5.36. The van der Waals surface area contributed by atoms with Crippen LogP contribution in [0.15, 0.2) is 37.1 Å². The summed E-state index contributed by atoms with van der Waals surface area (Å²) in [4.78, 5) is 31.7. The van der Waals surface area contributed by atoms with Gasteiger partial charge in [-0.2, -0.15) is 0 Å². The van der Waals surface area contributed by atoms with Gasteiger partial charge in [-0.1, -0.05) is 6.58 Å². The van der Waals surface area contributed by atoms with Gasteiger partial charge < -0.3 is 10.2 Å². The molecule has 2 heterocycles. The van der Waals surface area contributed by atoms with Gasteiger partial charge in [0, 0.05) is 28.9 Å². The van der Waals surface area contributed by atoms with Crippen LogP contribution in [0, 0.1) is 6.92 Å². The summed E-state index contributed by atoms with van der Waals surface area (Å²) in [6.45, 7) is 8.17. The van der Waals surface area contributed by atoms with Crippen LogP contribution in [0.25, 0.3) is 0 Å². The van der Waals surface area contributed by atoms with Gasteiger partial charge in [0.2, 0.25) is 5.91 Å². The largest absolute Gasteiger partial charge is 0.343 e. The number of hydrogen-bond donors (Lipinski definition) is 1. The average molecular weight is 355 g/mol. The highest BCUT2D eigenvalue weighted by Gasteiger charge is 2.22. The van der Waals surface area contributed by atoms with E-state index < -0.39 is 0 Å². The Bertz CT molecular complexity index is 828. The Kier molecular flexibility index (Phi) is 4.99. The van der Waals surface area contributed by atoms with E-state index in [1.54, 1.807) is 22.3 Å². The topological polar surface area (TPSA) is 62.3 Å². The number of anilines is 1. The lowest BCUT2D eigenvalue weighted by Crippen LogP contribution is -2.34. The van der Waals surface area contributed by atoms with Gasteiger partial charge in [0.25, 0.3) is 5.91 Å². The fourth-order valence-corrected chi connectivity index (χ4v) is 3.77. The molecule has 25 heavy (non-hydrogen) atoms. The van der Waals surface area contributed by atoms with Crippen molar-refractivity contribution in [2.45, 2.75) is 32.7 Å². The number of aromatic nitrogens is 1. The van der Waals surface area contributed by atoms with Gasteiger partial charge in [0.05, 0.1) is 6.04 Å². The van der Waals surface area contributed by atoms with E-state index in [4.69, 9.17) is 0 Å². The van der Waals surface area contributed by atoms with Gasteiger partial charge in [-0.15, -0.1) is 11.3 Å². The standard InChI is InChI=1S/C19H21N3O2S/c1-4-17(23)22-9-5-6-14-10-15(7-8-16(14)22)18(24)21-13(3)19-20-11-12(2)25-19/h4,7-8,10-11,13H,1,5-6,9H2,2-3H3,(H,21,24). The lowest BCUT2D eigenvalue weighted by Gasteiger charge is -2.29. The van der Waals surface area contributed by atoms with Crippen molar-refractivity contribution in [1.82, 2.24) is 10.3 Å². The molecule has 2 aromatic rings. The van der Waals surface area contributed by atoms with Gasteiger partial charge in [-0.3, -0.25) is 9.59 Å². The zero-order valence-electron chi connectivity index (χ0n) is 14.4. The van der Waals surface area contributed by atoms with Gasteiger partial charge in [-0.25, -0.2) is 4.98 Å². The number of benzene rings is 1. The maximum Gasteiger partial charge on any atom is 0.251 e. The van der Waals surface area contributed by atoms with E-state index in [1.807, 2.05) is 32.2 Å². The Labute approximate surface area is 151 Å². The van der Waals surface area contributed by atoms with Crippen molar-refractivity contribution in [3.05, 3.63) is 58.1 Å². The van der Waals surface area contributed by atoms with Crippen LogP contribution in [0.1, 0.15) is 45.2 Å². The highest BCUT2D eigenvalue weighted by atomic mass is 32.1. The number of carbonyl (C=O) groups excluding carboxylic acids is 2. The van der Waals surface area contributed by atoms with Crippen molar-refractivity contribution in [1.29, 1.82) is 0 Å². The zero-order chi connectivity index (χ0) is 18.0. The van der Waals surface area contributed by atoms with E-state index >= 15 is 0 Å². The average Bonchev–Trinajstić information content (AvgIpc) is 3.06. The second-order valence-electron chi connectivity index (χ2n) is 6.15. The first kappa shape index (κ1) is 17.4. The Morgan fingerprint density at radius 3 is 2.92 bits per heavy atom. The molecular formula is C19H21N3O2S. The van der Waals surface area contributed by atoms with Crippen molar-refractivity contribution in [3.63, 3.8) is 0 Å². The molecule has 1 aromatic heterocycles. The van der Waals surface area contributed by atoms with Crippen molar-refractivity contribution in [2.75, 3.05) is 11.4 Å². The summed E-state index contributed by atoms with van der Waals surface area (Å²) in [5, 5.41) is 3.88. The number of amides is 2. The zero-order valence-corrected chi connectivity index (χ0v) is 15.2. The Balaban J connectivity index is 1.78. The third-order valence-corrected chi connectivity index (χ3v) is 5.35. The van der Waals surface area contributed by atoms with Crippen LogP contribution in [-0.4, -0.2) is 23.3 Å². The molecule has 130 valence electrons. The van der Waals surface area contributed by atoms with Crippen LogP contribution < -0.4 is 10.2 Å². The normalized spacial score (nSPS) is 14.6. The minimum absolute atomic E-state index is 0.106. The Morgan fingerprint density at radius 2 is 2.24 bits per heavy atom. The summed E-state index contributed by atoms with van der Waals surface area (Å²) in [6.07, 6.45) is 4.88. The molecule has 1 aromatic carbocycles. The molecule has 1 N–H and O–H groups in total. The van der Waals surface area contributed by atoms with E-state index in [0.717, 1.165) is 34.0 Å². The Morgan fingerprint density at radius 1 is 1.44 bits per heavy atom. The van der Waals surface area contributed by atoms with Gasteiger partial charge in [0.1, 0.15) is 5.01 Å². The lowest BCUT2D eigenvalue weighted by molar-refractivity contribution is -0.114. The van der Waals surface area contributed by atoms with Crippen LogP contribution in [0.4, 0.5) is 5.69 Å². The SMILES string of the molecule is C=CC(=O)N1CCCc2cc(C(=O)NC(C)c3ncc(C)s3)ccc21. The molecular weight excluding hydrogens is 334 g/mol. The van der Waals surface area contributed by atoms with E-state index in [2.05, 4.69) is 16.9 Å². The number of thiazole rings is 1. The third-order valence-electron chi connectivity index (χ3n) is 4.26. The quantitative estimate of drug-likeness (QED) is 0.855. The smallest absolute Gasteiger partial charge is 0.251 e. The van der Waals surface area contributed by atoms with Crippen LogP contribution in [0.5, 0.6) is 0 Å². The van der Waals surface area contributed by atoms with Crippen molar-refractivity contribution >= 4 is 28.8 Å². The number of fused-ring (bicyclic) bond motifs is 1. The first-order valence-corrected chi connectivity index (χ1v) is 9.11. The molecule has 1 unspecified atom stereocenters. The third kappa shape index (κ3) is 3.64. The van der Waals surface area contributed by atoms with Crippen LogP contribution in [0.2, 0.25) is 0 Å². The highest BCUT2D eigenvalue weighted by molar-refractivity contribution is 7.11. The maximum absolute atomic E-state index is 12.6. The molecule has 0 radical (unpaired) electrons. The fraction of sp³-hybridized carbons (Fsp3) is 0.316. The van der Waals surface area contributed by atoms with E-state index in [9.17, 15) is 9.59 Å². The summed E-state index contributed by atoms with van der Waals surface area (Å²) < 4.78 is 0. The van der Waals surface area contributed by atoms with Crippen LogP contribution in [0.3, 0.4) is 0 Å². The number of nitrogens with zero attached hydrogens (tertiary/aromatic N) is 2. The number of hydrogen-bond acceptors (Lipinski definition) is 4. The summed E-state index contributed by atoms with van der Waals surface area (Å²) in [5.74, 6) is -0.235. The molecule has 0 saturated carbocycles. The van der Waals surface area contributed by atoms with Gasteiger partial charge >= 0.3 is 0 Å². The first-order valence-electron chi connectivity index (χ1n) is 8.29. The molecule has 0 aliphatic carbocycles. The molecule has 6 heteroatoms. The minimum atomic E-state index is -0.138. The Hall–Kier alpha value is -2.47. The monoisotopic (exact) mass is 355 g/mol. The number of nitrogens with one attached hydrogen (secondary N) is 1. The second-order valence-corrected chi connectivity index (χ2v) is 7.41. The summed E-state index contributed by atoms with van der Waals surface area (Å²) in [7, 11) is 0. The molecule has 5 nitrogen and oxygen atoms in total. The van der Waals surface area contributed by atoms with E-state index in [1.165, 1.54) is 6.08 Å². The molecule has 1 atom stereocenters. The molecule has 0 spiro atoms. The van der Waals surface area contributed by atoms with Crippen LogP contribution >= 0.6 is 11.3 Å². The molecule has 0 saturated heterocycles. The molecule has 2 amide bonds. The van der Waals surface area contributed by atoms with Crippen molar-refractivity contribution in [3.8, 4) is 0 Å². The molecule has 3 rings (SSSR count). The van der Waals surface area contributed by atoms with Crippen molar-refractivity contribution in [2.24, 2.45) is 0 Å². The fourth-order valence-electron chi connectivity index (χ4n) is 2.99. The first-order chi connectivity index (χ1) is 12.0. The lowest BCUT2D eigenvalue weighted by atomic mass is 9.98. The molecule has 0 fully saturated rings. The second kappa shape index (κ2) is 7.19. The van der Waals surface area contributed by atoms with E-state index in [0.29, 0.717) is 12.1 Å². The summed E-state index contributed by atoms with van der Waals surface area (Å²) in [5.41, 5.74) is 2.50. The molecule has 0 bridgehead atoms. The molecule has 1 aliphatic rings. The van der Waals surface area contributed by atoms with Gasteiger partial charge in [-0.05, 0) is 56.5 Å². The number of rotatable bonds is 4. The van der Waals surface area contributed by atoms with Gasteiger partial charge in [0.15, 0.2) is 0 Å². The van der Waals surface area contributed by atoms with Crippen molar-refractivity contribution < 1.29 is 9.59 Å². The number of aryl methyl sites for hydroxylation is 2. The maximum atomic E-state index is 12.6. The minimum Gasteiger partial charge on any atom is -0.343 e. The summed E-state index contributed by atoms with van der Waals surface area (Å²) >= 11 is 1.58. The van der Waals surface area contributed by atoms with Crippen LogP contribution in [-0.2, 0) is 11.2 Å². The number of carbonyl (C=O) groups is 2. The molecule has 1 aliphatic heterocycles. The highest BCUT2D eigenvalue weighted by Crippen LogP contribution is 2.28. The predicted octanol–water partition coefficient (Wildman–Crippen LogP) is 3.41.